The number of benzene rings is 1. The van der Waals surface area contributed by atoms with E-state index in [1.165, 1.54) is 12.1 Å². The van der Waals surface area contributed by atoms with Gasteiger partial charge in [-0.2, -0.15) is 0 Å². The van der Waals surface area contributed by atoms with E-state index in [1.807, 2.05) is 0 Å². The standard InChI is InChI=1S/C13H18O3/c1-9(2)3-4-10-7-11(13(16)8-14)5-6-12(10)15/h5-7,9,14-15H,3-4,8H2,1-2H3. The predicted molar refractivity (Wildman–Crippen MR) is 62.7 cm³/mol. The first-order chi connectivity index (χ1) is 7.54. The molecule has 3 nitrogen and oxygen atoms in total. The fourth-order valence-electron chi connectivity index (χ4n) is 1.49. The van der Waals surface area contributed by atoms with E-state index >= 15 is 0 Å². The van der Waals surface area contributed by atoms with Crippen LogP contribution in [0.5, 0.6) is 5.75 Å². The van der Waals surface area contributed by atoms with Gasteiger partial charge in [0.25, 0.3) is 0 Å². The Hall–Kier alpha value is -1.35. The van der Waals surface area contributed by atoms with Crippen LogP contribution in [-0.4, -0.2) is 22.6 Å². The van der Waals surface area contributed by atoms with E-state index in [9.17, 15) is 9.90 Å². The van der Waals surface area contributed by atoms with Crippen LogP contribution in [0.4, 0.5) is 0 Å². The Morgan fingerprint density at radius 2 is 2.06 bits per heavy atom. The maximum atomic E-state index is 11.3. The van der Waals surface area contributed by atoms with Gasteiger partial charge < -0.3 is 10.2 Å². The molecule has 1 rings (SSSR count). The summed E-state index contributed by atoms with van der Waals surface area (Å²) in [5.74, 6) is 0.456. The second-order valence-electron chi connectivity index (χ2n) is 4.36. The van der Waals surface area contributed by atoms with Crippen LogP contribution >= 0.6 is 0 Å². The van der Waals surface area contributed by atoms with Crippen LogP contribution in [0.3, 0.4) is 0 Å². The van der Waals surface area contributed by atoms with Crippen molar-refractivity contribution in [2.75, 3.05) is 6.61 Å². The molecule has 1 aromatic carbocycles. The Morgan fingerprint density at radius 1 is 1.38 bits per heavy atom. The van der Waals surface area contributed by atoms with E-state index in [0.717, 1.165) is 18.4 Å². The fourth-order valence-corrected chi connectivity index (χ4v) is 1.49. The molecule has 3 heteroatoms. The summed E-state index contributed by atoms with van der Waals surface area (Å²) >= 11 is 0. The molecule has 0 spiro atoms. The zero-order valence-electron chi connectivity index (χ0n) is 9.73. The third-order valence-corrected chi connectivity index (χ3v) is 2.54. The number of phenols is 1. The number of rotatable bonds is 5. The van der Waals surface area contributed by atoms with Gasteiger partial charge in [-0.15, -0.1) is 0 Å². The molecule has 0 aliphatic carbocycles. The van der Waals surface area contributed by atoms with E-state index in [2.05, 4.69) is 13.8 Å². The number of carbonyl (C=O) groups is 1. The number of aliphatic hydroxyl groups excluding tert-OH is 1. The zero-order chi connectivity index (χ0) is 12.1. The molecular weight excluding hydrogens is 204 g/mol. The normalized spacial score (nSPS) is 10.8. The van der Waals surface area contributed by atoms with Gasteiger partial charge in [-0.3, -0.25) is 4.79 Å². The summed E-state index contributed by atoms with van der Waals surface area (Å²) in [6.45, 7) is 3.73. The van der Waals surface area contributed by atoms with Gasteiger partial charge in [0.2, 0.25) is 0 Å². The molecule has 0 amide bonds. The summed E-state index contributed by atoms with van der Waals surface area (Å²) in [5, 5.41) is 18.4. The molecule has 0 atom stereocenters. The molecule has 0 heterocycles. The second kappa shape index (κ2) is 5.66. The maximum absolute atomic E-state index is 11.3. The SMILES string of the molecule is CC(C)CCc1cc(C(=O)CO)ccc1O. The highest BCUT2D eigenvalue weighted by atomic mass is 16.3. The average molecular weight is 222 g/mol. The lowest BCUT2D eigenvalue weighted by molar-refractivity contribution is 0.0903. The number of Topliss-reactive ketones (excluding diaryl/α,β-unsaturated/α-hetero) is 1. The first kappa shape index (κ1) is 12.7. The number of aliphatic hydroxyl groups is 1. The molecule has 0 radical (unpaired) electrons. The van der Waals surface area contributed by atoms with Crippen molar-refractivity contribution in [2.45, 2.75) is 26.7 Å². The van der Waals surface area contributed by atoms with Gasteiger partial charge >= 0.3 is 0 Å². The molecule has 0 aromatic heterocycles. The van der Waals surface area contributed by atoms with Crippen molar-refractivity contribution in [2.24, 2.45) is 5.92 Å². The number of carbonyl (C=O) groups excluding carboxylic acids is 1. The number of ketones is 1. The average Bonchev–Trinajstić information content (AvgIpc) is 2.26. The van der Waals surface area contributed by atoms with Crippen molar-refractivity contribution in [3.63, 3.8) is 0 Å². The number of aryl methyl sites for hydroxylation is 1. The van der Waals surface area contributed by atoms with Crippen LogP contribution in [0, 0.1) is 5.92 Å². The Labute approximate surface area is 95.7 Å². The van der Waals surface area contributed by atoms with Crippen molar-refractivity contribution >= 4 is 5.78 Å². The largest absolute Gasteiger partial charge is 0.508 e. The van der Waals surface area contributed by atoms with Gasteiger partial charge in [0.1, 0.15) is 12.4 Å². The van der Waals surface area contributed by atoms with Crippen molar-refractivity contribution in [1.29, 1.82) is 0 Å². The van der Waals surface area contributed by atoms with E-state index in [0.29, 0.717) is 11.5 Å². The molecule has 0 aliphatic heterocycles. The van der Waals surface area contributed by atoms with Gasteiger partial charge in [-0.05, 0) is 42.5 Å². The molecule has 0 fully saturated rings. The summed E-state index contributed by atoms with van der Waals surface area (Å²) in [6, 6.07) is 4.71. The van der Waals surface area contributed by atoms with Crippen molar-refractivity contribution in [3.05, 3.63) is 29.3 Å². The molecule has 0 unspecified atom stereocenters. The summed E-state index contributed by atoms with van der Waals surface area (Å²) in [7, 11) is 0. The van der Waals surface area contributed by atoms with E-state index in [4.69, 9.17) is 5.11 Å². The predicted octanol–water partition coefficient (Wildman–Crippen LogP) is 2.16. The van der Waals surface area contributed by atoms with Crippen LogP contribution in [-0.2, 0) is 6.42 Å². The minimum atomic E-state index is -0.492. The first-order valence-electron chi connectivity index (χ1n) is 5.50. The fraction of sp³-hybridized carbons (Fsp3) is 0.462. The highest BCUT2D eigenvalue weighted by Crippen LogP contribution is 2.21. The van der Waals surface area contributed by atoms with Crippen LogP contribution < -0.4 is 0 Å². The Bertz CT molecular complexity index is 369. The lowest BCUT2D eigenvalue weighted by Crippen LogP contribution is -2.05. The number of aromatic hydroxyl groups is 1. The molecule has 0 saturated carbocycles. The van der Waals surface area contributed by atoms with E-state index in [1.54, 1.807) is 6.07 Å². The number of hydrogen-bond acceptors (Lipinski definition) is 3. The van der Waals surface area contributed by atoms with Crippen molar-refractivity contribution < 1.29 is 15.0 Å². The van der Waals surface area contributed by atoms with Crippen molar-refractivity contribution in [3.8, 4) is 5.75 Å². The zero-order valence-corrected chi connectivity index (χ0v) is 9.73. The topological polar surface area (TPSA) is 57.5 Å². The minimum absolute atomic E-state index is 0.218. The Balaban J connectivity index is 2.86. The van der Waals surface area contributed by atoms with Crippen LogP contribution in [0.25, 0.3) is 0 Å². The van der Waals surface area contributed by atoms with Crippen LogP contribution in [0.2, 0.25) is 0 Å². The molecule has 1 aromatic rings. The number of hydrogen-bond donors (Lipinski definition) is 2. The quantitative estimate of drug-likeness (QED) is 0.750. The molecular formula is C13H18O3. The molecule has 0 bridgehead atoms. The number of phenolic OH excluding ortho intramolecular Hbond substituents is 1. The van der Waals surface area contributed by atoms with Crippen LogP contribution in [0.1, 0.15) is 36.2 Å². The molecule has 0 aliphatic rings. The summed E-state index contributed by atoms with van der Waals surface area (Å²) in [5.41, 5.74) is 1.23. The highest BCUT2D eigenvalue weighted by molar-refractivity contribution is 5.97. The second-order valence-corrected chi connectivity index (χ2v) is 4.36. The van der Waals surface area contributed by atoms with Gasteiger partial charge in [-0.25, -0.2) is 0 Å². The van der Waals surface area contributed by atoms with Crippen molar-refractivity contribution in [1.82, 2.24) is 0 Å². The Morgan fingerprint density at radius 3 is 2.62 bits per heavy atom. The minimum Gasteiger partial charge on any atom is -0.508 e. The molecule has 2 N–H and O–H groups in total. The lowest BCUT2D eigenvalue weighted by atomic mass is 9.99. The monoisotopic (exact) mass is 222 g/mol. The summed E-state index contributed by atoms with van der Waals surface area (Å²) < 4.78 is 0. The molecule has 16 heavy (non-hydrogen) atoms. The highest BCUT2D eigenvalue weighted by Gasteiger charge is 2.08. The van der Waals surface area contributed by atoms with E-state index < -0.39 is 6.61 Å². The maximum Gasteiger partial charge on any atom is 0.188 e. The van der Waals surface area contributed by atoms with E-state index in [-0.39, 0.29) is 11.5 Å². The summed E-state index contributed by atoms with van der Waals surface area (Å²) in [4.78, 5) is 11.3. The third-order valence-electron chi connectivity index (χ3n) is 2.54. The van der Waals surface area contributed by atoms with Gasteiger partial charge in [0.05, 0.1) is 0 Å². The van der Waals surface area contributed by atoms with Gasteiger partial charge in [0, 0.05) is 5.56 Å². The van der Waals surface area contributed by atoms with Crippen LogP contribution in [0.15, 0.2) is 18.2 Å². The summed E-state index contributed by atoms with van der Waals surface area (Å²) in [6.07, 6.45) is 1.71. The lowest BCUT2D eigenvalue weighted by Gasteiger charge is -2.08. The first-order valence-corrected chi connectivity index (χ1v) is 5.50. The van der Waals surface area contributed by atoms with Gasteiger partial charge in [0.15, 0.2) is 5.78 Å². The third kappa shape index (κ3) is 3.35. The smallest absolute Gasteiger partial charge is 0.188 e. The Kier molecular flexibility index (Phi) is 4.50. The molecule has 0 saturated heterocycles. The molecule has 88 valence electrons. The van der Waals surface area contributed by atoms with Gasteiger partial charge in [-0.1, -0.05) is 13.8 Å².